The number of aliphatic carboxylic acids is 1. The van der Waals surface area contributed by atoms with Crippen molar-refractivity contribution >= 4 is 11.8 Å². The average molecular weight is 334 g/mol. The average Bonchev–Trinajstić information content (AvgIpc) is 2.63. The zero-order chi connectivity index (χ0) is 17.8. The number of ketones is 1. The van der Waals surface area contributed by atoms with E-state index in [0.717, 1.165) is 0 Å². The van der Waals surface area contributed by atoms with Crippen molar-refractivity contribution in [3.05, 3.63) is 107 Å². The molecular formula is C21H15FO3. The van der Waals surface area contributed by atoms with Crippen LogP contribution in [0.4, 0.5) is 4.39 Å². The molecule has 3 nitrogen and oxygen atoms in total. The zero-order valence-electron chi connectivity index (χ0n) is 13.2. The van der Waals surface area contributed by atoms with Crippen molar-refractivity contribution in [2.24, 2.45) is 0 Å². The van der Waals surface area contributed by atoms with Gasteiger partial charge >= 0.3 is 5.97 Å². The maximum Gasteiger partial charge on any atom is 0.315 e. The third-order valence-corrected chi connectivity index (χ3v) is 3.99. The van der Waals surface area contributed by atoms with Crippen LogP contribution in [0.5, 0.6) is 0 Å². The van der Waals surface area contributed by atoms with Crippen molar-refractivity contribution in [3.8, 4) is 0 Å². The summed E-state index contributed by atoms with van der Waals surface area (Å²) in [4.78, 5) is 24.1. The molecule has 0 aromatic heterocycles. The Morgan fingerprint density at radius 2 is 1.20 bits per heavy atom. The molecule has 0 saturated carbocycles. The molecule has 25 heavy (non-hydrogen) atoms. The number of hydrogen-bond acceptors (Lipinski definition) is 2. The molecule has 0 fully saturated rings. The van der Waals surface area contributed by atoms with Gasteiger partial charge in [0.05, 0.1) is 0 Å². The third-order valence-electron chi connectivity index (χ3n) is 3.99. The van der Waals surface area contributed by atoms with Crippen LogP contribution in [0.3, 0.4) is 0 Å². The van der Waals surface area contributed by atoms with Gasteiger partial charge in [0.15, 0.2) is 5.78 Å². The number of rotatable bonds is 5. The number of benzene rings is 3. The van der Waals surface area contributed by atoms with E-state index in [1.165, 1.54) is 24.3 Å². The highest BCUT2D eigenvalue weighted by Gasteiger charge is 2.22. The van der Waals surface area contributed by atoms with E-state index in [9.17, 15) is 19.1 Å². The van der Waals surface area contributed by atoms with E-state index < -0.39 is 17.7 Å². The van der Waals surface area contributed by atoms with Crippen molar-refractivity contribution in [1.82, 2.24) is 0 Å². The summed E-state index contributed by atoms with van der Waals surface area (Å²) in [6.45, 7) is 0. The van der Waals surface area contributed by atoms with Gasteiger partial charge in [-0.05, 0) is 35.4 Å². The fourth-order valence-electron chi connectivity index (χ4n) is 2.72. The van der Waals surface area contributed by atoms with Crippen molar-refractivity contribution in [2.75, 3.05) is 0 Å². The molecule has 0 aliphatic rings. The Morgan fingerprint density at radius 3 is 1.72 bits per heavy atom. The smallest absolute Gasteiger partial charge is 0.315 e. The van der Waals surface area contributed by atoms with Crippen LogP contribution in [0.1, 0.15) is 33.0 Å². The Labute approximate surface area is 144 Å². The van der Waals surface area contributed by atoms with Gasteiger partial charge in [0.1, 0.15) is 11.7 Å². The summed E-state index contributed by atoms with van der Waals surface area (Å²) in [6, 6.07) is 20.7. The zero-order valence-corrected chi connectivity index (χ0v) is 13.2. The molecule has 0 bridgehead atoms. The van der Waals surface area contributed by atoms with Gasteiger partial charge in [-0.15, -0.1) is 0 Å². The van der Waals surface area contributed by atoms with Gasteiger partial charge in [-0.25, -0.2) is 4.39 Å². The van der Waals surface area contributed by atoms with Crippen LogP contribution >= 0.6 is 0 Å². The molecule has 0 amide bonds. The largest absolute Gasteiger partial charge is 0.481 e. The number of hydrogen-bond donors (Lipinski definition) is 1. The van der Waals surface area contributed by atoms with Crippen LogP contribution in [0, 0.1) is 5.82 Å². The van der Waals surface area contributed by atoms with Crippen LogP contribution in [-0.4, -0.2) is 16.9 Å². The highest BCUT2D eigenvalue weighted by molar-refractivity contribution is 6.09. The fourth-order valence-corrected chi connectivity index (χ4v) is 2.72. The monoisotopic (exact) mass is 334 g/mol. The molecule has 124 valence electrons. The van der Waals surface area contributed by atoms with Crippen molar-refractivity contribution in [3.63, 3.8) is 0 Å². The molecule has 0 aliphatic carbocycles. The summed E-state index contributed by atoms with van der Waals surface area (Å²) < 4.78 is 13.0. The first-order chi connectivity index (χ1) is 12.1. The van der Waals surface area contributed by atoms with E-state index in [2.05, 4.69) is 0 Å². The van der Waals surface area contributed by atoms with Gasteiger partial charge in [0.25, 0.3) is 0 Å². The Bertz CT molecular complexity index is 885. The van der Waals surface area contributed by atoms with E-state index in [-0.39, 0.29) is 5.78 Å². The predicted molar refractivity (Wildman–Crippen MR) is 92.2 cm³/mol. The minimum atomic E-state index is -0.955. The molecule has 1 atom stereocenters. The van der Waals surface area contributed by atoms with Crippen LogP contribution in [0.2, 0.25) is 0 Å². The summed E-state index contributed by atoms with van der Waals surface area (Å²) in [7, 11) is 0. The summed E-state index contributed by atoms with van der Waals surface area (Å²) in [5.41, 5.74) is 2.07. The first-order valence-corrected chi connectivity index (χ1v) is 7.74. The molecular weight excluding hydrogens is 319 g/mol. The predicted octanol–water partition coefficient (Wildman–Crippen LogP) is 4.27. The van der Waals surface area contributed by atoms with Crippen molar-refractivity contribution in [1.29, 1.82) is 0 Å². The maximum atomic E-state index is 13.0. The minimum absolute atomic E-state index is 0.238. The second-order valence-corrected chi connectivity index (χ2v) is 5.64. The van der Waals surface area contributed by atoms with Crippen LogP contribution in [0.15, 0.2) is 78.9 Å². The number of carbonyl (C=O) groups excluding carboxylic acids is 1. The fraction of sp³-hybridized carbons (Fsp3) is 0.0476. The molecule has 1 N–H and O–H groups in total. The van der Waals surface area contributed by atoms with Gasteiger partial charge in [-0.3, -0.25) is 9.59 Å². The van der Waals surface area contributed by atoms with E-state index in [4.69, 9.17) is 0 Å². The highest BCUT2D eigenvalue weighted by atomic mass is 19.1. The van der Waals surface area contributed by atoms with Gasteiger partial charge < -0.3 is 5.11 Å². The lowest BCUT2D eigenvalue weighted by molar-refractivity contribution is -0.137. The first kappa shape index (κ1) is 16.6. The number of carbonyl (C=O) groups is 2. The summed E-state index contributed by atoms with van der Waals surface area (Å²) >= 11 is 0. The second kappa shape index (κ2) is 7.09. The number of halogens is 1. The molecule has 3 rings (SSSR count). The van der Waals surface area contributed by atoms with Gasteiger partial charge in [-0.2, -0.15) is 0 Å². The van der Waals surface area contributed by atoms with Crippen molar-refractivity contribution < 1.29 is 19.1 Å². The maximum absolute atomic E-state index is 13.0. The lowest BCUT2D eigenvalue weighted by Crippen LogP contribution is -2.13. The summed E-state index contributed by atoms with van der Waals surface area (Å²) in [5.74, 6) is -2.39. The molecule has 0 heterocycles. The summed E-state index contributed by atoms with van der Waals surface area (Å²) in [5, 5.41) is 9.56. The van der Waals surface area contributed by atoms with E-state index in [0.29, 0.717) is 22.3 Å². The third kappa shape index (κ3) is 3.63. The molecule has 0 saturated heterocycles. The summed E-state index contributed by atoms with van der Waals surface area (Å²) in [6.07, 6.45) is 0. The molecule has 4 heteroatoms. The van der Waals surface area contributed by atoms with Gasteiger partial charge in [0.2, 0.25) is 0 Å². The second-order valence-electron chi connectivity index (χ2n) is 5.64. The van der Waals surface area contributed by atoms with E-state index >= 15 is 0 Å². The topological polar surface area (TPSA) is 54.4 Å². The first-order valence-electron chi connectivity index (χ1n) is 7.74. The molecule has 0 radical (unpaired) electrons. The van der Waals surface area contributed by atoms with Gasteiger partial charge in [0, 0.05) is 11.1 Å². The standard InChI is InChI=1S/C21H15FO3/c22-18-12-10-17(11-13-18)20(23)16-8-6-15(7-9-16)19(21(24)25)14-4-2-1-3-5-14/h1-13,19H,(H,24,25). The minimum Gasteiger partial charge on any atom is -0.481 e. The van der Waals surface area contributed by atoms with E-state index in [1.54, 1.807) is 48.5 Å². The molecule has 3 aromatic rings. The Hall–Kier alpha value is -3.27. The Morgan fingerprint density at radius 1 is 0.720 bits per heavy atom. The SMILES string of the molecule is O=C(c1ccc(F)cc1)c1ccc(C(C(=O)O)c2ccccc2)cc1. The molecule has 0 spiro atoms. The van der Waals surface area contributed by atoms with E-state index in [1.807, 2.05) is 6.07 Å². The quantitative estimate of drug-likeness (QED) is 0.709. The Balaban J connectivity index is 1.89. The normalized spacial score (nSPS) is 11.7. The highest BCUT2D eigenvalue weighted by Crippen LogP contribution is 2.25. The van der Waals surface area contributed by atoms with Crippen LogP contribution < -0.4 is 0 Å². The van der Waals surface area contributed by atoms with Crippen LogP contribution in [0.25, 0.3) is 0 Å². The molecule has 1 unspecified atom stereocenters. The lowest BCUT2D eigenvalue weighted by Gasteiger charge is -2.13. The molecule has 3 aromatic carbocycles. The number of carboxylic acid groups (broad SMARTS) is 1. The van der Waals surface area contributed by atoms with Crippen molar-refractivity contribution in [2.45, 2.75) is 5.92 Å². The number of carboxylic acids is 1. The van der Waals surface area contributed by atoms with Gasteiger partial charge in [-0.1, -0.05) is 54.6 Å². The lowest BCUT2D eigenvalue weighted by atomic mass is 9.90. The molecule has 0 aliphatic heterocycles. The van der Waals surface area contributed by atoms with Crippen LogP contribution in [-0.2, 0) is 4.79 Å². The Kier molecular flexibility index (Phi) is 4.70.